The first kappa shape index (κ1) is 22.4. The van der Waals surface area contributed by atoms with Crippen molar-refractivity contribution in [1.29, 1.82) is 0 Å². The average molecular weight is 454 g/mol. The number of ether oxygens (including phenoxy) is 2. The van der Waals surface area contributed by atoms with Gasteiger partial charge in [-0.25, -0.2) is 9.78 Å². The number of hydrogen-bond donors (Lipinski definition) is 1. The van der Waals surface area contributed by atoms with E-state index in [-0.39, 0.29) is 23.9 Å². The second kappa shape index (κ2) is 9.77. The molecule has 170 valence electrons. The van der Waals surface area contributed by atoms with Crippen LogP contribution in [0.25, 0.3) is 10.2 Å². The number of amides is 2. The summed E-state index contributed by atoms with van der Waals surface area (Å²) in [4.78, 5) is 20.0. The molecule has 7 heteroatoms. The maximum Gasteiger partial charge on any atom is 0.317 e. The number of fused-ring (bicyclic) bond motifs is 1. The van der Waals surface area contributed by atoms with Crippen molar-refractivity contribution in [2.45, 2.75) is 38.6 Å². The van der Waals surface area contributed by atoms with Crippen LogP contribution in [-0.2, 0) is 0 Å². The van der Waals surface area contributed by atoms with E-state index in [0.29, 0.717) is 18.0 Å². The molecule has 0 spiro atoms. The first-order valence-corrected chi connectivity index (χ1v) is 11.9. The summed E-state index contributed by atoms with van der Waals surface area (Å²) in [7, 11) is 3.25. The second-order valence-corrected chi connectivity index (χ2v) is 9.65. The second-order valence-electron chi connectivity index (χ2n) is 8.59. The van der Waals surface area contributed by atoms with Gasteiger partial charge in [-0.2, -0.15) is 0 Å². The number of carbonyl (C=O) groups excluding carboxylic acids is 1. The van der Waals surface area contributed by atoms with E-state index in [2.05, 4.69) is 31.3 Å². The number of thiazole rings is 1. The number of hydrogen-bond acceptors (Lipinski definition) is 5. The third-order valence-corrected chi connectivity index (χ3v) is 7.28. The summed E-state index contributed by atoms with van der Waals surface area (Å²) in [5, 5.41) is 4.39. The minimum Gasteiger partial charge on any atom is -0.493 e. The van der Waals surface area contributed by atoms with Gasteiger partial charge in [0.05, 0.1) is 35.5 Å². The molecule has 6 nitrogen and oxygen atoms in total. The van der Waals surface area contributed by atoms with Crippen LogP contribution in [0.3, 0.4) is 0 Å². The zero-order chi connectivity index (χ0) is 22.7. The highest BCUT2D eigenvalue weighted by atomic mass is 32.1. The van der Waals surface area contributed by atoms with Gasteiger partial charge in [-0.1, -0.05) is 32.0 Å². The van der Waals surface area contributed by atoms with Crippen LogP contribution < -0.4 is 14.8 Å². The van der Waals surface area contributed by atoms with E-state index >= 15 is 0 Å². The molecule has 2 aromatic carbocycles. The molecule has 32 heavy (non-hydrogen) atoms. The van der Waals surface area contributed by atoms with Crippen LogP contribution in [0.15, 0.2) is 42.5 Å². The number of nitrogens with zero attached hydrogens (tertiary/aromatic N) is 2. The van der Waals surface area contributed by atoms with Gasteiger partial charge in [-0.05, 0) is 48.6 Å². The highest BCUT2D eigenvalue weighted by molar-refractivity contribution is 7.18. The van der Waals surface area contributed by atoms with Crippen LogP contribution in [0.4, 0.5) is 4.79 Å². The molecule has 0 aliphatic carbocycles. The lowest BCUT2D eigenvalue weighted by Gasteiger charge is -2.34. The third kappa shape index (κ3) is 4.67. The number of piperidine rings is 1. The Morgan fingerprint density at radius 2 is 1.94 bits per heavy atom. The normalized spacial score (nSPS) is 17.4. The summed E-state index contributed by atoms with van der Waals surface area (Å²) in [6, 6.07) is 13.9. The topological polar surface area (TPSA) is 63.7 Å². The number of methoxy groups -OCH3 is 2. The molecular formula is C25H31N3O3S. The molecule has 3 aromatic rings. The molecule has 4 rings (SSSR count). The molecule has 1 fully saturated rings. The lowest BCUT2D eigenvalue weighted by Crippen LogP contribution is -2.46. The number of likely N-dealkylation sites (tertiary alicyclic amines) is 1. The number of aromatic nitrogens is 1. The standard InChI is InChI=1S/C25H31N3O3S/c1-16(2)23(17-11-12-20(30-3)21(14-17)31-4)27-25(29)28-13-7-8-18(15-28)24-26-19-9-5-6-10-22(19)32-24/h5-6,9-12,14,16,18,23H,7-8,13,15H2,1-4H3,(H,27,29)/t18-,23+/m1/s1. The van der Waals surface area contributed by atoms with Crippen molar-refractivity contribution in [2.24, 2.45) is 5.92 Å². The van der Waals surface area contributed by atoms with E-state index in [1.165, 1.54) is 4.70 Å². The van der Waals surface area contributed by atoms with Crippen molar-refractivity contribution in [3.63, 3.8) is 0 Å². The lowest BCUT2D eigenvalue weighted by molar-refractivity contribution is 0.172. The lowest BCUT2D eigenvalue weighted by atomic mass is 9.95. The van der Waals surface area contributed by atoms with Crippen molar-refractivity contribution in [2.75, 3.05) is 27.3 Å². The van der Waals surface area contributed by atoms with Gasteiger partial charge < -0.3 is 19.7 Å². The Morgan fingerprint density at radius 1 is 1.16 bits per heavy atom. The van der Waals surface area contributed by atoms with Crippen LogP contribution >= 0.6 is 11.3 Å². The highest BCUT2D eigenvalue weighted by Crippen LogP contribution is 2.34. The zero-order valence-corrected chi connectivity index (χ0v) is 19.9. The Kier molecular flexibility index (Phi) is 6.84. The molecule has 0 bridgehead atoms. The van der Waals surface area contributed by atoms with Crippen LogP contribution in [0.1, 0.15) is 49.2 Å². The molecular weight excluding hydrogens is 422 g/mol. The fourth-order valence-electron chi connectivity index (χ4n) is 4.33. The summed E-state index contributed by atoms with van der Waals surface area (Å²) >= 11 is 1.75. The minimum atomic E-state index is -0.120. The summed E-state index contributed by atoms with van der Waals surface area (Å²) in [6.45, 7) is 5.69. The van der Waals surface area contributed by atoms with Gasteiger partial charge in [0.1, 0.15) is 0 Å². The number of para-hydroxylation sites is 1. The minimum absolute atomic E-state index is 0.0238. The average Bonchev–Trinajstić information content (AvgIpc) is 3.26. The van der Waals surface area contributed by atoms with Crippen LogP contribution in [0, 0.1) is 5.92 Å². The predicted octanol–water partition coefficient (Wildman–Crippen LogP) is 5.60. The molecule has 0 unspecified atom stereocenters. The molecule has 0 radical (unpaired) electrons. The van der Waals surface area contributed by atoms with E-state index in [4.69, 9.17) is 14.5 Å². The first-order chi connectivity index (χ1) is 15.5. The summed E-state index contributed by atoms with van der Waals surface area (Å²) in [5.74, 6) is 1.85. The third-order valence-electron chi connectivity index (χ3n) is 6.08. The van der Waals surface area contributed by atoms with Crippen molar-refractivity contribution in [1.82, 2.24) is 15.2 Å². The Hall–Kier alpha value is -2.80. The zero-order valence-electron chi connectivity index (χ0n) is 19.1. The molecule has 1 aromatic heterocycles. The smallest absolute Gasteiger partial charge is 0.317 e. The molecule has 1 saturated heterocycles. The first-order valence-electron chi connectivity index (χ1n) is 11.1. The molecule has 1 N–H and O–H groups in total. The van der Waals surface area contributed by atoms with Gasteiger partial charge in [-0.3, -0.25) is 0 Å². The van der Waals surface area contributed by atoms with Gasteiger partial charge >= 0.3 is 6.03 Å². The highest BCUT2D eigenvalue weighted by Gasteiger charge is 2.29. The van der Waals surface area contributed by atoms with E-state index in [0.717, 1.165) is 35.5 Å². The molecule has 2 amide bonds. The summed E-state index contributed by atoms with van der Waals surface area (Å²) in [5.41, 5.74) is 2.05. The van der Waals surface area contributed by atoms with Crippen molar-refractivity contribution in [3.8, 4) is 11.5 Å². The summed E-state index contributed by atoms with van der Waals surface area (Å²) < 4.78 is 12.0. The van der Waals surface area contributed by atoms with Crippen molar-refractivity contribution < 1.29 is 14.3 Å². The van der Waals surface area contributed by atoms with Gasteiger partial charge in [0.15, 0.2) is 11.5 Å². The Morgan fingerprint density at radius 3 is 2.66 bits per heavy atom. The van der Waals surface area contributed by atoms with Crippen LogP contribution in [0.2, 0.25) is 0 Å². The van der Waals surface area contributed by atoms with Gasteiger partial charge in [-0.15, -0.1) is 11.3 Å². The van der Waals surface area contributed by atoms with Crippen molar-refractivity contribution >= 4 is 27.6 Å². The number of urea groups is 1. The van der Waals surface area contributed by atoms with Crippen LogP contribution in [0.5, 0.6) is 11.5 Å². The monoisotopic (exact) mass is 453 g/mol. The van der Waals surface area contributed by atoms with Crippen LogP contribution in [-0.4, -0.2) is 43.2 Å². The van der Waals surface area contributed by atoms with Gasteiger partial charge in [0.2, 0.25) is 0 Å². The quantitative estimate of drug-likeness (QED) is 0.528. The van der Waals surface area contributed by atoms with Gasteiger partial charge in [0.25, 0.3) is 0 Å². The molecule has 1 aliphatic rings. The van der Waals surface area contributed by atoms with Crippen molar-refractivity contribution in [3.05, 3.63) is 53.0 Å². The number of rotatable bonds is 6. The number of carbonyl (C=O) groups is 1. The largest absolute Gasteiger partial charge is 0.493 e. The predicted molar refractivity (Wildman–Crippen MR) is 129 cm³/mol. The molecule has 2 atom stereocenters. The molecule has 1 aliphatic heterocycles. The molecule has 2 heterocycles. The fourth-order valence-corrected chi connectivity index (χ4v) is 5.43. The SMILES string of the molecule is COc1ccc([C@@H](NC(=O)N2CCC[C@@H](c3nc4ccccc4s3)C2)C(C)C)cc1OC. The van der Waals surface area contributed by atoms with E-state index in [1.54, 1.807) is 25.6 Å². The van der Waals surface area contributed by atoms with E-state index in [1.807, 2.05) is 35.2 Å². The Balaban J connectivity index is 1.48. The summed E-state index contributed by atoms with van der Waals surface area (Å²) in [6.07, 6.45) is 2.05. The Labute approximate surface area is 193 Å². The molecule has 0 saturated carbocycles. The number of benzene rings is 2. The fraction of sp³-hybridized carbons (Fsp3) is 0.440. The number of nitrogens with one attached hydrogen (secondary N) is 1. The van der Waals surface area contributed by atoms with E-state index in [9.17, 15) is 4.79 Å². The maximum absolute atomic E-state index is 13.3. The Bertz CT molecular complexity index is 1050. The van der Waals surface area contributed by atoms with Gasteiger partial charge in [0, 0.05) is 19.0 Å². The van der Waals surface area contributed by atoms with E-state index < -0.39 is 0 Å². The maximum atomic E-state index is 13.3.